The highest BCUT2D eigenvalue weighted by Crippen LogP contribution is 2.37. The zero-order valence-electron chi connectivity index (χ0n) is 17.6. The Labute approximate surface area is 186 Å². The molecule has 0 aliphatic carbocycles. The maximum absolute atomic E-state index is 12.6. The summed E-state index contributed by atoms with van der Waals surface area (Å²) in [4.78, 5) is 30.5. The van der Waals surface area contributed by atoms with E-state index in [9.17, 15) is 9.59 Å². The average Bonchev–Trinajstić information content (AvgIpc) is 3.22. The predicted octanol–water partition coefficient (Wildman–Crippen LogP) is 2.97. The zero-order chi connectivity index (χ0) is 21.6. The fraction of sp³-hybridized carbons (Fsp3) is 0.391. The van der Waals surface area contributed by atoms with Crippen LogP contribution in [0.3, 0.4) is 0 Å². The molecule has 4 rings (SSSR count). The highest BCUT2D eigenvalue weighted by atomic mass is 32.2. The quantitative estimate of drug-likeness (QED) is 0.499. The van der Waals surface area contributed by atoms with Crippen LogP contribution in [-0.4, -0.2) is 73.3 Å². The van der Waals surface area contributed by atoms with E-state index in [4.69, 9.17) is 9.47 Å². The second-order valence-corrected chi connectivity index (χ2v) is 8.80. The minimum Gasteiger partial charge on any atom is -0.454 e. The first kappa shape index (κ1) is 21.7. The van der Waals surface area contributed by atoms with Gasteiger partial charge in [-0.05, 0) is 25.1 Å². The van der Waals surface area contributed by atoms with Crippen LogP contribution in [0.5, 0.6) is 11.5 Å². The van der Waals surface area contributed by atoms with Gasteiger partial charge in [-0.3, -0.25) is 19.4 Å². The monoisotopic (exact) mass is 441 g/mol. The number of benzene rings is 2. The van der Waals surface area contributed by atoms with E-state index in [1.807, 2.05) is 17.8 Å². The molecule has 2 aromatic carbocycles. The van der Waals surface area contributed by atoms with Crippen molar-refractivity contribution < 1.29 is 19.1 Å². The summed E-state index contributed by atoms with van der Waals surface area (Å²) in [7, 11) is 0. The number of rotatable bonds is 8. The lowest BCUT2D eigenvalue weighted by molar-refractivity contribution is -0.117. The number of fused-ring (bicyclic) bond motifs is 1. The molecule has 0 bridgehead atoms. The number of anilines is 1. The number of nitrogens with zero attached hydrogens (tertiary/aromatic N) is 2. The van der Waals surface area contributed by atoms with Crippen molar-refractivity contribution in [2.24, 2.45) is 0 Å². The normalized spacial score (nSPS) is 16.3. The van der Waals surface area contributed by atoms with Crippen LogP contribution in [0.4, 0.5) is 5.69 Å². The first-order valence-electron chi connectivity index (χ1n) is 10.5. The fourth-order valence-corrected chi connectivity index (χ4v) is 4.64. The molecule has 0 saturated carbocycles. The average molecular weight is 442 g/mol. The number of carbonyl (C=O) groups is 2. The standard InChI is InChI=1S/C23H27N3O4S/c1-17(27)19-13-21-22(30-16-29-21)14-20(19)24-23(28)15-26-9-7-25(8-10-26)11-12-31-18-5-3-2-4-6-18/h2-6,13-14H,7-12,15-16H2,1H3,(H,24,28). The van der Waals surface area contributed by atoms with Gasteiger partial charge in [-0.15, -0.1) is 11.8 Å². The van der Waals surface area contributed by atoms with Gasteiger partial charge in [0.25, 0.3) is 0 Å². The van der Waals surface area contributed by atoms with E-state index in [2.05, 4.69) is 39.4 Å². The van der Waals surface area contributed by atoms with Gasteiger partial charge in [0.05, 0.1) is 12.2 Å². The number of ketones is 1. The molecule has 0 atom stereocenters. The van der Waals surface area contributed by atoms with E-state index >= 15 is 0 Å². The number of hydrogen-bond donors (Lipinski definition) is 1. The van der Waals surface area contributed by atoms with Gasteiger partial charge in [0, 0.05) is 55.0 Å². The summed E-state index contributed by atoms with van der Waals surface area (Å²) in [6.07, 6.45) is 0. The molecular formula is C23H27N3O4S. The summed E-state index contributed by atoms with van der Waals surface area (Å²) < 4.78 is 10.7. The number of thioether (sulfide) groups is 1. The van der Waals surface area contributed by atoms with Gasteiger partial charge in [-0.25, -0.2) is 0 Å². The van der Waals surface area contributed by atoms with E-state index in [1.165, 1.54) is 11.8 Å². The van der Waals surface area contributed by atoms with Crippen LogP contribution in [0.2, 0.25) is 0 Å². The van der Waals surface area contributed by atoms with Gasteiger partial charge in [-0.2, -0.15) is 0 Å². The number of hydrogen-bond acceptors (Lipinski definition) is 7. The van der Waals surface area contributed by atoms with Crippen LogP contribution < -0.4 is 14.8 Å². The minimum atomic E-state index is -0.130. The Morgan fingerprint density at radius 2 is 1.68 bits per heavy atom. The molecule has 0 spiro atoms. The summed E-state index contributed by atoms with van der Waals surface area (Å²) in [5.41, 5.74) is 0.900. The van der Waals surface area contributed by atoms with Crippen LogP contribution in [0.25, 0.3) is 0 Å². The van der Waals surface area contributed by atoms with Crippen LogP contribution in [-0.2, 0) is 4.79 Å². The number of carbonyl (C=O) groups excluding carboxylic acids is 2. The minimum absolute atomic E-state index is 0.123. The summed E-state index contributed by atoms with van der Waals surface area (Å²) in [6, 6.07) is 13.7. The number of Topliss-reactive ketones (excluding diaryl/α,β-unsaturated/α-hetero) is 1. The lowest BCUT2D eigenvalue weighted by atomic mass is 10.1. The Balaban J connectivity index is 1.23. The molecule has 31 heavy (non-hydrogen) atoms. The first-order valence-corrected chi connectivity index (χ1v) is 11.4. The molecule has 164 valence electrons. The van der Waals surface area contributed by atoms with Crippen molar-refractivity contribution in [1.29, 1.82) is 0 Å². The van der Waals surface area contributed by atoms with Gasteiger partial charge in [0.2, 0.25) is 12.7 Å². The molecular weight excluding hydrogens is 414 g/mol. The Morgan fingerprint density at radius 3 is 2.39 bits per heavy atom. The second-order valence-electron chi connectivity index (χ2n) is 7.63. The molecule has 0 radical (unpaired) electrons. The molecule has 1 saturated heterocycles. The second kappa shape index (κ2) is 10.2. The van der Waals surface area contributed by atoms with Crippen molar-refractivity contribution in [3.63, 3.8) is 0 Å². The van der Waals surface area contributed by atoms with Crippen molar-refractivity contribution in [2.75, 3.05) is 57.1 Å². The molecule has 2 aliphatic heterocycles. The van der Waals surface area contributed by atoms with Crippen molar-refractivity contribution in [1.82, 2.24) is 9.80 Å². The third-order valence-corrected chi connectivity index (χ3v) is 6.41. The van der Waals surface area contributed by atoms with Gasteiger partial charge in [0.1, 0.15) is 0 Å². The maximum Gasteiger partial charge on any atom is 0.238 e. The fourth-order valence-electron chi connectivity index (χ4n) is 3.71. The summed E-state index contributed by atoms with van der Waals surface area (Å²) in [5.74, 6) is 1.87. The van der Waals surface area contributed by atoms with Gasteiger partial charge < -0.3 is 14.8 Å². The lowest BCUT2D eigenvalue weighted by Crippen LogP contribution is -2.49. The lowest BCUT2D eigenvalue weighted by Gasteiger charge is -2.34. The Morgan fingerprint density at radius 1 is 1.00 bits per heavy atom. The molecule has 1 N–H and O–H groups in total. The third-order valence-electron chi connectivity index (χ3n) is 5.42. The van der Waals surface area contributed by atoms with E-state index in [0.29, 0.717) is 29.3 Å². The van der Waals surface area contributed by atoms with E-state index in [0.717, 1.165) is 38.5 Å². The van der Waals surface area contributed by atoms with Crippen LogP contribution >= 0.6 is 11.8 Å². The molecule has 0 aromatic heterocycles. The van der Waals surface area contributed by atoms with Crippen molar-refractivity contribution >= 4 is 29.1 Å². The van der Waals surface area contributed by atoms with Crippen molar-refractivity contribution in [3.05, 3.63) is 48.0 Å². The number of piperazine rings is 1. The van der Waals surface area contributed by atoms with E-state index in [1.54, 1.807) is 12.1 Å². The molecule has 8 heteroatoms. The van der Waals surface area contributed by atoms with E-state index < -0.39 is 0 Å². The van der Waals surface area contributed by atoms with Crippen LogP contribution in [0, 0.1) is 0 Å². The van der Waals surface area contributed by atoms with Crippen molar-refractivity contribution in [2.45, 2.75) is 11.8 Å². The summed E-state index contributed by atoms with van der Waals surface area (Å²) in [6.45, 7) is 6.54. The summed E-state index contributed by atoms with van der Waals surface area (Å²) in [5, 5.41) is 2.88. The predicted molar refractivity (Wildman–Crippen MR) is 121 cm³/mol. The van der Waals surface area contributed by atoms with Crippen LogP contribution in [0.15, 0.2) is 47.4 Å². The smallest absolute Gasteiger partial charge is 0.238 e. The largest absolute Gasteiger partial charge is 0.454 e. The van der Waals surface area contributed by atoms with Gasteiger partial charge >= 0.3 is 0 Å². The zero-order valence-corrected chi connectivity index (χ0v) is 18.5. The molecule has 0 unspecified atom stereocenters. The molecule has 2 aliphatic rings. The van der Waals surface area contributed by atoms with Crippen molar-refractivity contribution in [3.8, 4) is 11.5 Å². The Bertz CT molecular complexity index is 930. The SMILES string of the molecule is CC(=O)c1cc2c(cc1NC(=O)CN1CCN(CCSc3ccccc3)CC1)OCO2. The number of nitrogens with one attached hydrogen (secondary N) is 1. The third kappa shape index (κ3) is 5.78. The number of ether oxygens (including phenoxy) is 2. The molecule has 1 amide bonds. The summed E-state index contributed by atoms with van der Waals surface area (Å²) >= 11 is 1.87. The number of amides is 1. The molecule has 2 heterocycles. The highest BCUT2D eigenvalue weighted by molar-refractivity contribution is 7.99. The maximum atomic E-state index is 12.6. The van der Waals surface area contributed by atoms with Gasteiger partial charge in [0.15, 0.2) is 17.3 Å². The topological polar surface area (TPSA) is 71.1 Å². The first-order chi connectivity index (χ1) is 15.1. The van der Waals surface area contributed by atoms with Crippen LogP contribution in [0.1, 0.15) is 17.3 Å². The Hall–Kier alpha value is -2.55. The van der Waals surface area contributed by atoms with E-state index in [-0.39, 0.29) is 18.5 Å². The molecule has 2 aromatic rings. The van der Waals surface area contributed by atoms with Gasteiger partial charge in [-0.1, -0.05) is 18.2 Å². The molecule has 7 nitrogen and oxygen atoms in total. The Kier molecular flexibility index (Phi) is 7.11. The highest BCUT2D eigenvalue weighted by Gasteiger charge is 2.22. The molecule has 1 fully saturated rings.